The Labute approximate surface area is 96.2 Å². The number of nitrogens with zero attached hydrogens (tertiary/aromatic N) is 3. The van der Waals surface area contributed by atoms with E-state index in [1.807, 2.05) is 11.6 Å². The average Bonchev–Trinajstić information content (AvgIpc) is 2.55. The highest BCUT2D eigenvalue weighted by molar-refractivity contribution is 6.29. The summed E-state index contributed by atoms with van der Waals surface area (Å²) in [5.41, 5.74) is 0. The predicted octanol–water partition coefficient (Wildman–Crippen LogP) is 1.11. The highest BCUT2D eigenvalue weighted by Crippen LogP contribution is 2.08. The molecule has 0 saturated carbocycles. The first-order chi connectivity index (χ1) is 7.15. The zero-order valence-electron chi connectivity index (χ0n) is 9.63. The lowest BCUT2D eigenvalue weighted by molar-refractivity contribution is 0.348. The summed E-state index contributed by atoms with van der Waals surface area (Å²) in [6, 6.07) is 0. The third-order valence-corrected chi connectivity index (χ3v) is 2.87. The van der Waals surface area contributed by atoms with Crippen LogP contribution in [-0.2, 0) is 13.6 Å². The summed E-state index contributed by atoms with van der Waals surface area (Å²) in [4.78, 5) is 6.47. The van der Waals surface area contributed by atoms with Gasteiger partial charge < -0.3 is 14.8 Å². The van der Waals surface area contributed by atoms with E-state index in [-0.39, 0.29) is 0 Å². The Morgan fingerprint density at radius 3 is 2.87 bits per heavy atom. The molecule has 0 aliphatic carbocycles. The fourth-order valence-corrected chi connectivity index (χ4v) is 1.36. The molecule has 1 aromatic rings. The molecular formula is C10H19ClN4. The third-order valence-electron chi connectivity index (χ3n) is 2.52. The normalized spacial score (nSPS) is 11.3. The highest BCUT2D eigenvalue weighted by atomic mass is 35.5. The van der Waals surface area contributed by atoms with Gasteiger partial charge in [0, 0.05) is 20.1 Å². The molecule has 1 aromatic heterocycles. The van der Waals surface area contributed by atoms with E-state index in [4.69, 9.17) is 11.6 Å². The van der Waals surface area contributed by atoms with Crippen LogP contribution in [0.4, 0.5) is 0 Å². The molecule has 0 spiro atoms. The lowest BCUT2D eigenvalue weighted by Gasteiger charge is -2.13. The molecule has 1 N–H and O–H groups in total. The van der Waals surface area contributed by atoms with Crippen LogP contribution in [0.5, 0.6) is 0 Å². The molecule has 0 saturated heterocycles. The fourth-order valence-electron chi connectivity index (χ4n) is 1.22. The van der Waals surface area contributed by atoms with E-state index in [2.05, 4.69) is 29.2 Å². The molecule has 0 radical (unpaired) electrons. The number of halogens is 1. The van der Waals surface area contributed by atoms with E-state index in [9.17, 15) is 0 Å². The Hall–Kier alpha value is -0.580. The second kappa shape index (κ2) is 6.10. The molecule has 1 heterocycles. The van der Waals surface area contributed by atoms with Gasteiger partial charge in [-0.3, -0.25) is 0 Å². The van der Waals surface area contributed by atoms with Gasteiger partial charge in [-0.05, 0) is 13.6 Å². The summed E-state index contributed by atoms with van der Waals surface area (Å²) >= 11 is 5.88. The van der Waals surface area contributed by atoms with Crippen molar-refractivity contribution in [3.63, 3.8) is 0 Å². The van der Waals surface area contributed by atoms with Crippen LogP contribution in [0.1, 0.15) is 12.7 Å². The van der Waals surface area contributed by atoms with E-state index in [0.717, 1.165) is 32.0 Å². The number of aromatic nitrogens is 2. The topological polar surface area (TPSA) is 33.1 Å². The molecule has 0 aromatic carbocycles. The Bertz CT molecular complexity index is 298. The van der Waals surface area contributed by atoms with Crippen LogP contribution in [0.15, 0.2) is 6.20 Å². The smallest absolute Gasteiger partial charge is 0.128 e. The quantitative estimate of drug-likeness (QED) is 0.744. The van der Waals surface area contributed by atoms with Crippen molar-refractivity contribution in [3.05, 3.63) is 17.2 Å². The zero-order valence-corrected chi connectivity index (χ0v) is 10.4. The van der Waals surface area contributed by atoms with Crippen molar-refractivity contribution >= 4 is 11.6 Å². The number of rotatable bonds is 6. The molecule has 5 heteroatoms. The second-order valence-corrected chi connectivity index (χ2v) is 4.02. The maximum Gasteiger partial charge on any atom is 0.128 e. The van der Waals surface area contributed by atoms with Gasteiger partial charge in [0.05, 0.1) is 12.7 Å². The van der Waals surface area contributed by atoms with Crippen LogP contribution in [0.25, 0.3) is 0 Å². The van der Waals surface area contributed by atoms with E-state index < -0.39 is 0 Å². The third kappa shape index (κ3) is 3.81. The van der Waals surface area contributed by atoms with Gasteiger partial charge in [-0.2, -0.15) is 0 Å². The van der Waals surface area contributed by atoms with Crippen LogP contribution >= 0.6 is 11.6 Å². The van der Waals surface area contributed by atoms with Crippen molar-refractivity contribution < 1.29 is 0 Å². The summed E-state index contributed by atoms with van der Waals surface area (Å²) in [6.45, 7) is 6.01. The molecule has 1 rings (SSSR count). The summed E-state index contributed by atoms with van der Waals surface area (Å²) in [5.74, 6) is 0.971. The predicted molar refractivity (Wildman–Crippen MR) is 63.1 cm³/mol. The Morgan fingerprint density at radius 1 is 1.60 bits per heavy atom. The minimum Gasteiger partial charge on any atom is -0.321 e. The van der Waals surface area contributed by atoms with E-state index >= 15 is 0 Å². The Kier molecular flexibility index (Phi) is 5.08. The summed E-state index contributed by atoms with van der Waals surface area (Å²) in [7, 11) is 4.03. The van der Waals surface area contributed by atoms with Gasteiger partial charge in [0.2, 0.25) is 0 Å². The maximum absolute atomic E-state index is 5.88. The van der Waals surface area contributed by atoms with Crippen molar-refractivity contribution in [2.75, 3.05) is 26.7 Å². The molecule has 15 heavy (non-hydrogen) atoms. The molecule has 0 atom stereocenters. The first kappa shape index (κ1) is 12.5. The minimum atomic E-state index is 0.678. The number of hydrogen-bond acceptors (Lipinski definition) is 3. The van der Waals surface area contributed by atoms with Gasteiger partial charge in [-0.25, -0.2) is 4.98 Å². The molecule has 4 nitrogen and oxygen atoms in total. The van der Waals surface area contributed by atoms with Crippen LogP contribution in [0.2, 0.25) is 5.15 Å². The SMILES string of the molecule is CCN(C)CCNCc1ncc(Cl)n1C. The van der Waals surface area contributed by atoms with Gasteiger partial charge in [-0.15, -0.1) is 0 Å². The molecule has 0 amide bonds. The van der Waals surface area contributed by atoms with Crippen molar-refractivity contribution in [2.24, 2.45) is 7.05 Å². The monoisotopic (exact) mass is 230 g/mol. The number of imidazole rings is 1. The van der Waals surface area contributed by atoms with Gasteiger partial charge in [0.25, 0.3) is 0 Å². The molecule has 0 fully saturated rings. The lowest BCUT2D eigenvalue weighted by atomic mass is 10.5. The van der Waals surface area contributed by atoms with Gasteiger partial charge in [0.1, 0.15) is 11.0 Å². The standard InChI is InChI=1S/C10H19ClN4/c1-4-14(2)6-5-12-8-10-13-7-9(11)15(10)3/h7,12H,4-6,8H2,1-3H3. The summed E-state index contributed by atoms with van der Waals surface area (Å²) < 4.78 is 1.89. The number of hydrogen-bond donors (Lipinski definition) is 1. The largest absolute Gasteiger partial charge is 0.321 e. The number of likely N-dealkylation sites (N-methyl/N-ethyl adjacent to an activating group) is 1. The zero-order chi connectivity index (χ0) is 11.3. The van der Waals surface area contributed by atoms with Crippen LogP contribution in [0.3, 0.4) is 0 Å². The molecule has 0 aliphatic rings. The summed E-state index contributed by atoms with van der Waals surface area (Å²) in [6.07, 6.45) is 1.68. The van der Waals surface area contributed by atoms with E-state index in [1.165, 1.54) is 0 Å². The van der Waals surface area contributed by atoms with Crippen molar-refractivity contribution in [1.82, 2.24) is 19.8 Å². The van der Waals surface area contributed by atoms with Gasteiger partial charge in [0.15, 0.2) is 0 Å². The highest BCUT2D eigenvalue weighted by Gasteiger charge is 2.03. The second-order valence-electron chi connectivity index (χ2n) is 3.63. The van der Waals surface area contributed by atoms with Crippen molar-refractivity contribution in [1.29, 1.82) is 0 Å². The van der Waals surface area contributed by atoms with Crippen molar-refractivity contribution in [3.8, 4) is 0 Å². The first-order valence-electron chi connectivity index (χ1n) is 5.20. The molecule has 86 valence electrons. The maximum atomic E-state index is 5.88. The molecule has 0 unspecified atom stereocenters. The molecule has 0 aliphatic heterocycles. The van der Waals surface area contributed by atoms with Crippen LogP contribution in [-0.4, -0.2) is 41.1 Å². The Balaban J connectivity index is 2.23. The fraction of sp³-hybridized carbons (Fsp3) is 0.700. The van der Waals surface area contributed by atoms with Gasteiger partial charge in [-0.1, -0.05) is 18.5 Å². The number of nitrogens with one attached hydrogen (secondary N) is 1. The molecule has 0 bridgehead atoms. The molecular weight excluding hydrogens is 212 g/mol. The van der Waals surface area contributed by atoms with Crippen LogP contribution < -0.4 is 5.32 Å². The average molecular weight is 231 g/mol. The van der Waals surface area contributed by atoms with E-state index in [1.54, 1.807) is 6.20 Å². The van der Waals surface area contributed by atoms with Crippen molar-refractivity contribution in [2.45, 2.75) is 13.5 Å². The minimum absolute atomic E-state index is 0.678. The van der Waals surface area contributed by atoms with Crippen LogP contribution in [0, 0.1) is 0 Å². The first-order valence-corrected chi connectivity index (χ1v) is 5.58. The van der Waals surface area contributed by atoms with Gasteiger partial charge >= 0.3 is 0 Å². The summed E-state index contributed by atoms with van der Waals surface area (Å²) in [5, 5.41) is 4.02. The lowest BCUT2D eigenvalue weighted by Crippen LogP contribution is -2.29. The Morgan fingerprint density at radius 2 is 2.33 bits per heavy atom. The van der Waals surface area contributed by atoms with E-state index in [0.29, 0.717) is 5.15 Å².